The van der Waals surface area contributed by atoms with Crippen molar-refractivity contribution < 1.29 is 0 Å². The SMILES string of the molecule is CCc1ccc(CC(NN)c2cc(C)nnc2C)s1. The molecule has 0 fully saturated rings. The molecular formula is C14H20N4S. The van der Waals surface area contributed by atoms with E-state index in [-0.39, 0.29) is 6.04 Å². The van der Waals surface area contributed by atoms with Crippen molar-refractivity contribution in [1.29, 1.82) is 0 Å². The molecule has 0 aromatic carbocycles. The summed E-state index contributed by atoms with van der Waals surface area (Å²) in [5.41, 5.74) is 5.88. The molecule has 0 saturated heterocycles. The van der Waals surface area contributed by atoms with Crippen molar-refractivity contribution in [3.8, 4) is 0 Å². The van der Waals surface area contributed by atoms with Crippen molar-refractivity contribution in [3.05, 3.63) is 44.9 Å². The first-order chi connectivity index (χ1) is 9.13. The first kappa shape index (κ1) is 14.1. The van der Waals surface area contributed by atoms with E-state index in [1.807, 2.05) is 25.2 Å². The van der Waals surface area contributed by atoms with Crippen LogP contribution in [0.2, 0.25) is 0 Å². The molecule has 4 nitrogen and oxygen atoms in total. The number of aryl methyl sites for hydroxylation is 3. The fraction of sp³-hybridized carbons (Fsp3) is 0.429. The monoisotopic (exact) mass is 276 g/mol. The largest absolute Gasteiger partial charge is 0.271 e. The van der Waals surface area contributed by atoms with E-state index in [0.29, 0.717) is 0 Å². The van der Waals surface area contributed by atoms with Gasteiger partial charge in [0.15, 0.2) is 0 Å². The maximum absolute atomic E-state index is 5.72. The molecule has 1 atom stereocenters. The lowest BCUT2D eigenvalue weighted by Gasteiger charge is -2.17. The fourth-order valence-electron chi connectivity index (χ4n) is 2.10. The molecule has 2 rings (SSSR count). The zero-order valence-electron chi connectivity index (χ0n) is 11.6. The summed E-state index contributed by atoms with van der Waals surface area (Å²) in [6.45, 7) is 6.09. The van der Waals surface area contributed by atoms with Crippen LogP contribution in [-0.4, -0.2) is 10.2 Å². The average molecular weight is 276 g/mol. The highest BCUT2D eigenvalue weighted by atomic mass is 32.1. The predicted octanol–water partition coefficient (Wildman–Crippen LogP) is 2.46. The van der Waals surface area contributed by atoms with Crippen LogP contribution < -0.4 is 11.3 Å². The lowest BCUT2D eigenvalue weighted by Crippen LogP contribution is -2.30. The highest BCUT2D eigenvalue weighted by molar-refractivity contribution is 7.11. The molecule has 0 saturated carbocycles. The van der Waals surface area contributed by atoms with Crippen LogP contribution in [0.25, 0.3) is 0 Å². The van der Waals surface area contributed by atoms with Crippen LogP contribution in [0.1, 0.15) is 39.7 Å². The first-order valence-electron chi connectivity index (χ1n) is 6.48. The second kappa shape index (κ2) is 6.23. The summed E-state index contributed by atoms with van der Waals surface area (Å²) < 4.78 is 0. The Hall–Kier alpha value is -1.30. The third-order valence-electron chi connectivity index (χ3n) is 3.19. The summed E-state index contributed by atoms with van der Waals surface area (Å²) in [6, 6.07) is 6.51. The van der Waals surface area contributed by atoms with E-state index in [1.54, 1.807) is 0 Å². The van der Waals surface area contributed by atoms with Crippen LogP contribution in [0.15, 0.2) is 18.2 Å². The molecule has 0 spiro atoms. The quantitative estimate of drug-likeness (QED) is 0.650. The molecule has 2 heterocycles. The highest BCUT2D eigenvalue weighted by Crippen LogP contribution is 2.25. The summed E-state index contributed by atoms with van der Waals surface area (Å²) in [5.74, 6) is 5.72. The Balaban J connectivity index is 2.22. The normalized spacial score (nSPS) is 12.6. The van der Waals surface area contributed by atoms with Gasteiger partial charge in [-0.3, -0.25) is 11.3 Å². The van der Waals surface area contributed by atoms with Crippen molar-refractivity contribution in [3.63, 3.8) is 0 Å². The number of aromatic nitrogens is 2. The summed E-state index contributed by atoms with van der Waals surface area (Å²) in [7, 11) is 0. The molecule has 19 heavy (non-hydrogen) atoms. The van der Waals surface area contributed by atoms with Gasteiger partial charge in [0, 0.05) is 16.2 Å². The fourth-order valence-corrected chi connectivity index (χ4v) is 3.11. The molecular weight excluding hydrogens is 256 g/mol. The van der Waals surface area contributed by atoms with Crippen molar-refractivity contribution >= 4 is 11.3 Å². The van der Waals surface area contributed by atoms with Crippen molar-refractivity contribution in [2.24, 2.45) is 5.84 Å². The van der Waals surface area contributed by atoms with Crippen LogP contribution >= 0.6 is 11.3 Å². The zero-order chi connectivity index (χ0) is 13.8. The number of nitrogens with zero attached hydrogens (tertiary/aromatic N) is 2. The van der Waals surface area contributed by atoms with E-state index in [9.17, 15) is 0 Å². The minimum atomic E-state index is 0.0811. The van der Waals surface area contributed by atoms with E-state index in [0.717, 1.165) is 29.8 Å². The lowest BCUT2D eigenvalue weighted by molar-refractivity contribution is 0.547. The Morgan fingerprint density at radius 1 is 1.26 bits per heavy atom. The maximum atomic E-state index is 5.72. The first-order valence-corrected chi connectivity index (χ1v) is 7.30. The van der Waals surface area contributed by atoms with Gasteiger partial charge >= 0.3 is 0 Å². The number of thiophene rings is 1. The van der Waals surface area contributed by atoms with E-state index in [4.69, 9.17) is 5.84 Å². The van der Waals surface area contributed by atoms with E-state index in [2.05, 4.69) is 40.7 Å². The van der Waals surface area contributed by atoms with E-state index in [1.165, 1.54) is 9.75 Å². The van der Waals surface area contributed by atoms with Crippen LogP contribution in [-0.2, 0) is 12.8 Å². The van der Waals surface area contributed by atoms with E-state index < -0.39 is 0 Å². The van der Waals surface area contributed by atoms with Crippen LogP contribution in [0.3, 0.4) is 0 Å². The number of nitrogens with two attached hydrogens (primary N) is 1. The Kier molecular flexibility index (Phi) is 4.63. The Morgan fingerprint density at radius 3 is 2.63 bits per heavy atom. The summed E-state index contributed by atoms with van der Waals surface area (Å²) in [4.78, 5) is 2.75. The number of hydrazine groups is 1. The van der Waals surface area contributed by atoms with Gasteiger partial charge in [-0.05, 0) is 44.0 Å². The van der Waals surface area contributed by atoms with Crippen LogP contribution in [0.5, 0.6) is 0 Å². The molecule has 2 aromatic heterocycles. The van der Waals surface area contributed by atoms with Gasteiger partial charge in [-0.2, -0.15) is 10.2 Å². The third-order valence-corrected chi connectivity index (χ3v) is 4.44. The van der Waals surface area contributed by atoms with Gasteiger partial charge in [0.25, 0.3) is 0 Å². The molecule has 0 aliphatic rings. The zero-order valence-corrected chi connectivity index (χ0v) is 12.4. The molecule has 0 aliphatic carbocycles. The lowest BCUT2D eigenvalue weighted by atomic mass is 10.0. The van der Waals surface area contributed by atoms with Gasteiger partial charge < -0.3 is 0 Å². The molecule has 3 N–H and O–H groups in total. The van der Waals surface area contributed by atoms with Crippen LogP contribution in [0, 0.1) is 13.8 Å². The molecule has 0 radical (unpaired) electrons. The standard InChI is InChI=1S/C14H20N4S/c1-4-11-5-6-12(19-11)8-14(16-15)13-7-9(2)17-18-10(13)3/h5-7,14,16H,4,8,15H2,1-3H3. The topological polar surface area (TPSA) is 63.8 Å². The third kappa shape index (κ3) is 3.37. The van der Waals surface area contributed by atoms with Crippen LogP contribution in [0.4, 0.5) is 0 Å². The molecule has 102 valence electrons. The summed E-state index contributed by atoms with van der Waals surface area (Å²) in [6.07, 6.45) is 1.97. The molecule has 1 unspecified atom stereocenters. The second-order valence-corrected chi connectivity index (χ2v) is 5.92. The molecule has 0 aliphatic heterocycles. The Morgan fingerprint density at radius 2 is 2.00 bits per heavy atom. The predicted molar refractivity (Wildman–Crippen MR) is 79.0 cm³/mol. The molecule has 5 heteroatoms. The number of rotatable bonds is 5. The number of hydrogen-bond acceptors (Lipinski definition) is 5. The van der Waals surface area contributed by atoms with Crippen molar-refractivity contribution in [1.82, 2.24) is 15.6 Å². The summed E-state index contributed by atoms with van der Waals surface area (Å²) >= 11 is 1.85. The minimum Gasteiger partial charge on any atom is -0.271 e. The number of hydrogen-bond donors (Lipinski definition) is 2. The molecule has 0 amide bonds. The molecule has 2 aromatic rings. The van der Waals surface area contributed by atoms with Gasteiger partial charge in [-0.25, -0.2) is 0 Å². The Bertz CT molecular complexity index is 550. The van der Waals surface area contributed by atoms with Gasteiger partial charge in [-0.1, -0.05) is 6.92 Å². The Labute approximate surface area is 118 Å². The minimum absolute atomic E-state index is 0.0811. The van der Waals surface area contributed by atoms with Gasteiger partial charge in [0.05, 0.1) is 17.4 Å². The smallest absolute Gasteiger partial charge is 0.0648 e. The van der Waals surface area contributed by atoms with Crippen molar-refractivity contribution in [2.45, 2.75) is 39.7 Å². The van der Waals surface area contributed by atoms with Crippen molar-refractivity contribution in [2.75, 3.05) is 0 Å². The average Bonchev–Trinajstić information content (AvgIpc) is 2.87. The van der Waals surface area contributed by atoms with E-state index >= 15 is 0 Å². The summed E-state index contributed by atoms with van der Waals surface area (Å²) in [5, 5.41) is 8.23. The van der Waals surface area contributed by atoms with Gasteiger partial charge in [0.1, 0.15) is 0 Å². The maximum Gasteiger partial charge on any atom is 0.0648 e. The van der Waals surface area contributed by atoms with Gasteiger partial charge in [-0.15, -0.1) is 11.3 Å². The second-order valence-electron chi connectivity index (χ2n) is 4.67. The van der Waals surface area contributed by atoms with Gasteiger partial charge in [0.2, 0.25) is 0 Å². The number of nitrogens with one attached hydrogen (secondary N) is 1. The molecule has 0 bridgehead atoms. The highest BCUT2D eigenvalue weighted by Gasteiger charge is 2.15.